The van der Waals surface area contributed by atoms with Crippen LogP contribution >= 0.6 is 0 Å². The van der Waals surface area contributed by atoms with Gasteiger partial charge in [0, 0.05) is 18.0 Å². The van der Waals surface area contributed by atoms with Crippen molar-refractivity contribution < 1.29 is 9.47 Å². The van der Waals surface area contributed by atoms with E-state index >= 15 is 0 Å². The summed E-state index contributed by atoms with van der Waals surface area (Å²) >= 11 is 0. The van der Waals surface area contributed by atoms with Crippen LogP contribution in [0.2, 0.25) is 0 Å². The molecule has 0 aliphatic rings. The molecule has 0 amide bonds. The Bertz CT molecular complexity index is 587. The summed E-state index contributed by atoms with van der Waals surface area (Å²) in [5.41, 5.74) is 1.92. The van der Waals surface area contributed by atoms with Crippen molar-refractivity contribution in [2.75, 3.05) is 18.5 Å². The Morgan fingerprint density at radius 3 is 2.52 bits per heavy atom. The second-order valence-corrected chi connectivity index (χ2v) is 4.48. The first-order valence-electron chi connectivity index (χ1n) is 7.15. The molecule has 0 atom stereocenters. The van der Waals surface area contributed by atoms with Gasteiger partial charge in [-0.3, -0.25) is 0 Å². The summed E-state index contributed by atoms with van der Waals surface area (Å²) in [4.78, 5) is 8.45. The van der Waals surface area contributed by atoms with Crippen LogP contribution < -0.4 is 14.8 Å². The van der Waals surface area contributed by atoms with Crippen LogP contribution in [0.5, 0.6) is 11.5 Å². The van der Waals surface area contributed by atoms with E-state index < -0.39 is 0 Å². The summed E-state index contributed by atoms with van der Waals surface area (Å²) in [6.45, 7) is 7.66. The molecular formula is C16H21N3O2. The minimum Gasteiger partial charge on any atom is -0.490 e. The van der Waals surface area contributed by atoms with Crippen molar-refractivity contribution in [1.29, 1.82) is 0 Å². The Balaban J connectivity index is 2.07. The highest BCUT2D eigenvalue weighted by Crippen LogP contribution is 2.30. The van der Waals surface area contributed by atoms with Crippen LogP contribution in [0.3, 0.4) is 0 Å². The zero-order valence-electron chi connectivity index (χ0n) is 12.7. The van der Waals surface area contributed by atoms with E-state index in [-0.39, 0.29) is 0 Å². The van der Waals surface area contributed by atoms with E-state index in [1.807, 2.05) is 45.0 Å². The number of aromatic nitrogens is 2. The molecule has 0 fully saturated rings. The van der Waals surface area contributed by atoms with Crippen LogP contribution in [-0.2, 0) is 6.54 Å². The molecule has 0 saturated carbocycles. The highest BCUT2D eigenvalue weighted by molar-refractivity contribution is 5.54. The summed E-state index contributed by atoms with van der Waals surface area (Å²) in [6.07, 6.45) is 1.77. The molecule has 0 saturated heterocycles. The van der Waals surface area contributed by atoms with Crippen molar-refractivity contribution in [3.05, 3.63) is 42.0 Å². The van der Waals surface area contributed by atoms with Crippen LogP contribution in [0.4, 0.5) is 5.69 Å². The number of nitrogens with zero attached hydrogens (tertiary/aromatic N) is 2. The van der Waals surface area contributed by atoms with Crippen LogP contribution in [-0.4, -0.2) is 23.2 Å². The van der Waals surface area contributed by atoms with Crippen molar-refractivity contribution in [2.24, 2.45) is 0 Å². The van der Waals surface area contributed by atoms with Gasteiger partial charge in [0.25, 0.3) is 0 Å². The zero-order chi connectivity index (χ0) is 15.1. The molecule has 1 N–H and O–H groups in total. The Morgan fingerprint density at radius 2 is 1.81 bits per heavy atom. The monoisotopic (exact) mass is 287 g/mol. The van der Waals surface area contributed by atoms with E-state index in [2.05, 4.69) is 15.3 Å². The molecule has 21 heavy (non-hydrogen) atoms. The molecule has 2 aromatic rings. The van der Waals surface area contributed by atoms with E-state index in [0.29, 0.717) is 19.8 Å². The lowest BCUT2D eigenvalue weighted by atomic mass is 10.2. The smallest absolute Gasteiger partial charge is 0.163 e. The SMILES string of the molecule is CCOc1ccc(NCc2ccnc(C)n2)cc1OCC. The third-order valence-electron chi connectivity index (χ3n) is 2.85. The van der Waals surface area contributed by atoms with Gasteiger partial charge >= 0.3 is 0 Å². The van der Waals surface area contributed by atoms with Gasteiger partial charge in [-0.25, -0.2) is 9.97 Å². The van der Waals surface area contributed by atoms with E-state index in [0.717, 1.165) is 28.7 Å². The maximum Gasteiger partial charge on any atom is 0.163 e. The first-order valence-corrected chi connectivity index (χ1v) is 7.15. The average molecular weight is 287 g/mol. The summed E-state index contributed by atoms with van der Waals surface area (Å²) in [5.74, 6) is 2.29. The van der Waals surface area contributed by atoms with Crippen LogP contribution in [0.25, 0.3) is 0 Å². The second kappa shape index (κ2) is 7.47. The van der Waals surface area contributed by atoms with Gasteiger partial charge in [-0.2, -0.15) is 0 Å². The standard InChI is InChI=1S/C16H21N3O2/c1-4-20-15-7-6-13(10-16(15)21-5-2)18-11-14-8-9-17-12(3)19-14/h6-10,18H,4-5,11H2,1-3H3. The molecule has 0 aliphatic heterocycles. The van der Waals surface area contributed by atoms with Crippen molar-refractivity contribution in [3.8, 4) is 11.5 Å². The van der Waals surface area contributed by atoms with Gasteiger partial charge in [0.1, 0.15) is 5.82 Å². The normalized spacial score (nSPS) is 10.2. The Morgan fingerprint density at radius 1 is 1.05 bits per heavy atom. The maximum atomic E-state index is 5.61. The number of hydrogen-bond donors (Lipinski definition) is 1. The van der Waals surface area contributed by atoms with E-state index in [1.165, 1.54) is 0 Å². The molecule has 0 aliphatic carbocycles. The molecular weight excluding hydrogens is 266 g/mol. The summed E-state index contributed by atoms with van der Waals surface area (Å²) in [7, 11) is 0. The minimum absolute atomic E-state index is 0.606. The van der Waals surface area contributed by atoms with Gasteiger partial charge < -0.3 is 14.8 Å². The number of rotatable bonds is 7. The molecule has 5 nitrogen and oxygen atoms in total. The summed E-state index contributed by atoms with van der Waals surface area (Å²) in [6, 6.07) is 7.74. The Hall–Kier alpha value is -2.30. The Labute approximate surface area is 125 Å². The highest BCUT2D eigenvalue weighted by Gasteiger charge is 2.06. The molecule has 0 spiro atoms. The largest absolute Gasteiger partial charge is 0.490 e. The molecule has 1 heterocycles. The van der Waals surface area contributed by atoms with Crippen molar-refractivity contribution in [1.82, 2.24) is 9.97 Å². The van der Waals surface area contributed by atoms with Crippen molar-refractivity contribution in [3.63, 3.8) is 0 Å². The quantitative estimate of drug-likeness (QED) is 0.847. The molecule has 0 unspecified atom stereocenters. The predicted molar refractivity (Wildman–Crippen MR) is 82.9 cm³/mol. The number of anilines is 1. The first kappa shape index (κ1) is 15.1. The number of hydrogen-bond acceptors (Lipinski definition) is 5. The number of aryl methyl sites for hydroxylation is 1. The molecule has 2 rings (SSSR count). The second-order valence-electron chi connectivity index (χ2n) is 4.48. The van der Waals surface area contributed by atoms with Gasteiger partial charge in [0.05, 0.1) is 25.5 Å². The van der Waals surface area contributed by atoms with Gasteiger partial charge in [0.15, 0.2) is 11.5 Å². The fourth-order valence-electron chi connectivity index (χ4n) is 1.96. The zero-order valence-corrected chi connectivity index (χ0v) is 12.7. The topological polar surface area (TPSA) is 56.3 Å². The van der Waals surface area contributed by atoms with E-state index in [9.17, 15) is 0 Å². The van der Waals surface area contributed by atoms with Gasteiger partial charge in [-0.1, -0.05) is 0 Å². The molecule has 1 aromatic carbocycles. The van der Waals surface area contributed by atoms with Crippen molar-refractivity contribution >= 4 is 5.69 Å². The molecule has 112 valence electrons. The molecule has 5 heteroatoms. The maximum absolute atomic E-state index is 5.61. The van der Waals surface area contributed by atoms with Crippen LogP contribution in [0.1, 0.15) is 25.4 Å². The van der Waals surface area contributed by atoms with Crippen LogP contribution in [0, 0.1) is 6.92 Å². The molecule has 0 bridgehead atoms. The summed E-state index contributed by atoms with van der Waals surface area (Å²) in [5, 5.41) is 3.33. The Kier molecular flexibility index (Phi) is 5.37. The van der Waals surface area contributed by atoms with Crippen molar-refractivity contribution in [2.45, 2.75) is 27.3 Å². The molecule has 1 aromatic heterocycles. The number of nitrogens with one attached hydrogen (secondary N) is 1. The first-order chi connectivity index (χ1) is 10.2. The lowest BCUT2D eigenvalue weighted by Gasteiger charge is -2.13. The predicted octanol–water partition coefficient (Wildman–Crippen LogP) is 3.19. The lowest BCUT2D eigenvalue weighted by molar-refractivity contribution is 0.288. The third kappa shape index (κ3) is 4.34. The summed E-state index contributed by atoms with van der Waals surface area (Å²) < 4.78 is 11.2. The third-order valence-corrected chi connectivity index (χ3v) is 2.85. The van der Waals surface area contributed by atoms with E-state index in [1.54, 1.807) is 6.20 Å². The van der Waals surface area contributed by atoms with E-state index in [4.69, 9.17) is 9.47 Å². The minimum atomic E-state index is 0.606. The lowest BCUT2D eigenvalue weighted by Crippen LogP contribution is -2.04. The fraction of sp³-hybridized carbons (Fsp3) is 0.375. The van der Waals surface area contributed by atoms with Crippen LogP contribution in [0.15, 0.2) is 30.5 Å². The van der Waals surface area contributed by atoms with Gasteiger partial charge in [-0.05, 0) is 39.0 Å². The highest BCUT2D eigenvalue weighted by atomic mass is 16.5. The number of benzene rings is 1. The average Bonchev–Trinajstić information content (AvgIpc) is 2.48. The van der Waals surface area contributed by atoms with Gasteiger partial charge in [0.2, 0.25) is 0 Å². The van der Waals surface area contributed by atoms with Gasteiger partial charge in [-0.15, -0.1) is 0 Å². The number of ether oxygens (including phenoxy) is 2. The molecule has 0 radical (unpaired) electrons. The fourth-order valence-corrected chi connectivity index (χ4v) is 1.96.